The zero-order valence-electron chi connectivity index (χ0n) is 18.4. The number of nitrogens with zero attached hydrogens (tertiary/aromatic N) is 1. The van der Waals surface area contributed by atoms with Crippen molar-refractivity contribution in [2.24, 2.45) is 5.14 Å². The summed E-state index contributed by atoms with van der Waals surface area (Å²) in [6.07, 6.45) is 0.606. The summed E-state index contributed by atoms with van der Waals surface area (Å²) in [5, 5.41) is 10.9. The van der Waals surface area contributed by atoms with Gasteiger partial charge in [0.05, 0.1) is 35.4 Å². The first-order valence-corrected chi connectivity index (χ1v) is 12.2. The van der Waals surface area contributed by atoms with Crippen LogP contribution in [-0.2, 0) is 26.0 Å². The van der Waals surface area contributed by atoms with E-state index >= 15 is 0 Å². The van der Waals surface area contributed by atoms with Gasteiger partial charge in [-0.2, -0.15) is 0 Å². The van der Waals surface area contributed by atoms with Gasteiger partial charge in [0.25, 0.3) is 0 Å². The molecule has 0 radical (unpaired) electrons. The van der Waals surface area contributed by atoms with Crippen molar-refractivity contribution in [3.63, 3.8) is 0 Å². The Hall–Kier alpha value is -3.37. The number of carbonyl (C=O) groups is 2. The second-order valence-electron chi connectivity index (χ2n) is 8.07. The van der Waals surface area contributed by atoms with E-state index < -0.39 is 28.1 Å². The van der Waals surface area contributed by atoms with Gasteiger partial charge in [0, 0.05) is 11.7 Å². The molecule has 2 heterocycles. The van der Waals surface area contributed by atoms with E-state index in [0.29, 0.717) is 17.7 Å². The quantitative estimate of drug-likeness (QED) is 0.553. The molecule has 10 heteroatoms. The van der Waals surface area contributed by atoms with Gasteiger partial charge in [-0.3, -0.25) is 0 Å². The van der Waals surface area contributed by atoms with Gasteiger partial charge >= 0.3 is 12.0 Å². The number of urea groups is 1. The fourth-order valence-corrected chi connectivity index (χ4v) is 4.91. The number of anilines is 1. The van der Waals surface area contributed by atoms with Crippen molar-refractivity contribution in [3.05, 3.63) is 70.9 Å². The molecule has 0 aliphatic carbocycles. The molecule has 0 fully saturated rings. The normalized spacial score (nSPS) is 20.2. The molecule has 2 aliphatic heterocycles. The van der Waals surface area contributed by atoms with Crippen LogP contribution in [0.3, 0.4) is 0 Å². The largest absolute Gasteiger partial charge is 0.463 e. The maximum absolute atomic E-state index is 13.0. The minimum Gasteiger partial charge on any atom is -0.463 e. The van der Waals surface area contributed by atoms with Gasteiger partial charge in [-0.15, -0.1) is 0 Å². The van der Waals surface area contributed by atoms with Crippen molar-refractivity contribution in [3.8, 4) is 0 Å². The number of esters is 1. The number of fused-ring (bicyclic) bond motifs is 1. The van der Waals surface area contributed by atoms with Gasteiger partial charge in [0.15, 0.2) is 0 Å². The summed E-state index contributed by atoms with van der Waals surface area (Å²) in [5.41, 5.74) is 3.22. The number of benzene rings is 2. The highest BCUT2D eigenvalue weighted by Crippen LogP contribution is 2.36. The Bertz CT molecular complexity index is 1230. The van der Waals surface area contributed by atoms with Gasteiger partial charge in [-0.05, 0) is 49.6 Å². The third kappa shape index (κ3) is 4.57. The van der Waals surface area contributed by atoms with Crippen molar-refractivity contribution < 1.29 is 22.7 Å². The van der Waals surface area contributed by atoms with E-state index in [2.05, 4.69) is 10.6 Å². The zero-order valence-corrected chi connectivity index (χ0v) is 19.2. The molecule has 0 saturated heterocycles. The zero-order chi connectivity index (χ0) is 23.8. The van der Waals surface area contributed by atoms with Crippen molar-refractivity contribution in [2.75, 3.05) is 18.1 Å². The van der Waals surface area contributed by atoms with E-state index in [1.807, 2.05) is 42.2 Å². The third-order valence-corrected chi connectivity index (χ3v) is 6.76. The van der Waals surface area contributed by atoms with Crippen LogP contribution in [0, 0.1) is 0 Å². The molecule has 0 aromatic heterocycles. The standard InChI is InChI=1S/C23H26N4O5S/c1-3-32-22(28)20-18(25-23(29)26-21(20)15-7-5-4-6-8-15)13-27-14(2)11-16-12-17(33(24,30)31)9-10-19(16)27/h4-10,12,14,21H,3,11,13H2,1-2H3,(H2,24,30,31)(H2,25,26,29)/t14-,21-/m1/s1. The maximum atomic E-state index is 13.0. The second-order valence-corrected chi connectivity index (χ2v) is 9.63. The molecule has 2 atom stereocenters. The topological polar surface area (TPSA) is 131 Å². The Morgan fingerprint density at radius 1 is 1.21 bits per heavy atom. The Labute approximate surface area is 192 Å². The molecule has 2 aliphatic rings. The van der Waals surface area contributed by atoms with E-state index in [0.717, 1.165) is 16.8 Å². The number of ether oxygens (including phenoxy) is 1. The second kappa shape index (κ2) is 8.87. The highest BCUT2D eigenvalue weighted by molar-refractivity contribution is 7.89. The summed E-state index contributed by atoms with van der Waals surface area (Å²) in [6.45, 7) is 4.17. The Morgan fingerprint density at radius 3 is 2.61 bits per heavy atom. The van der Waals surface area contributed by atoms with Crippen LogP contribution in [0.2, 0.25) is 0 Å². The van der Waals surface area contributed by atoms with E-state index in [4.69, 9.17) is 9.88 Å². The molecule has 0 bridgehead atoms. The van der Waals surface area contributed by atoms with Crippen molar-refractivity contribution in [1.29, 1.82) is 0 Å². The Balaban J connectivity index is 1.76. The number of amides is 2. The molecule has 0 spiro atoms. The van der Waals surface area contributed by atoms with Gasteiger partial charge in [-0.1, -0.05) is 30.3 Å². The first-order chi connectivity index (χ1) is 15.7. The monoisotopic (exact) mass is 470 g/mol. The smallest absolute Gasteiger partial charge is 0.338 e. The fourth-order valence-electron chi connectivity index (χ4n) is 4.35. The Morgan fingerprint density at radius 2 is 1.94 bits per heavy atom. The molecule has 2 amide bonds. The molecule has 4 rings (SSSR count). The third-order valence-electron chi connectivity index (χ3n) is 5.85. The average Bonchev–Trinajstić information content (AvgIpc) is 3.08. The van der Waals surface area contributed by atoms with Crippen LogP contribution < -0.4 is 20.7 Å². The van der Waals surface area contributed by atoms with Crippen molar-refractivity contribution in [2.45, 2.75) is 37.2 Å². The molecular formula is C23H26N4O5S. The number of rotatable bonds is 6. The molecule has 2 aromatic rings. The van der Waals surface area contributed by atoms with E-state index in [1.165, 1.54) is 6.07 Å². The molecule has 174 valence electrons. The summed E-state index contributed by atoms with van der Waals surface area (Å²) in [5.74, 6) is -0.509. The summed E-state index contributed by atoms with van der Waals surface area (Å²) in [6, 6.07) is 12.9. The molecule has 0 saturated carbocycles. The predicted octanol–water partition coefficient (Wildman–Crippen LogP) is 1.96. The molecule has 9 nitrogen and oxygen atoms in total. The molecule has 2 aromatic carbocycles. The lowest BCUT2D eigenvalue weighted by atomic mass is 9.95. The first kappa shape index (κ1) is 22.8. The van der Waals surface area contributed by atoms with Crippen LogP contribution in [0.5, 0.6) is 0 Å². The molecular weight excluding hydrogens is 444 g/mol. The maximum Gasteiger partial charge on any atom is 0.338 e. The summed E-state index contributed by atoms with van der Waals surface area (Å²) in [4.78, 5) is 27.6. The average molecular weight is 471 g/mol. The predicted molar refractivity (Wildman–Crippen MR) is 123 cm³/mol. The van der Waals surface area contributed by atoms with Crippen LogP contribution in [0.15, 0.2) is 64.7 Å². The minimum atomic E-state index is -3.81. The number of nitrogens with two attached hydrogens (primary N) is 1. The summed E-state index contributed by atoms with van der Waals surface area (Å²) >= 11 is 0. The van der Waals surface area contributed by atoms with Crippen molar-refractivity contribution in [1.82, 2.24) is 10.6 Å². The van der Waals surface area contributed by atoms with E-state index in [-0.39, 0.29) is 24.1 Å². The van der Waals surface area contributed by atoms with Crippen LogP contribution in [0.25, 0.3) is 0 Å². The van der Waals surface area contributed by atoms with Crippen LogP contribution >= 0.6 is 0 Å². The lowest BCUT2D eigenvalue weighted by molar-refractivity contribution is -0.139. The van der Waals surface area contributed by atoms with Crippen LogP contribution in [-0.4, -0.2) is 39.6 Å². The lowest BCUT2D eigenvalue weighted by Crippen LogP contribution is -2.49. The minimum absolute atomic E-state index is 0.00800. The van der Waals surface area contributed by atoms with Crippen LogP contribution in [0.1, 0.15) is 31.0 Å². The summed E-state index contributed by atoms with van der Waals surface area (Å²) < 4.78 is 28.8. The molecule has 0 unspecified atom stereocenters. The highest BCUT2D eigenvalue weighted by Gasteiger charge is 2.36. The number of hydrogen-bond acceptors (Lipinski definition) is 6. The highest BCUT2D eigenvalue weighted by atomic mass is 32.2. The summed E-state index contributed by atoms with van der Waals surface area (Å²) in [7, 11) is -3.81. The van der Waals surface area contributed by atoms with Crippen LogP contribution in [0.4, 0.5) is 10.5 Å². The van der Waals surface area contributed by atoms with Gasteiger partial charge in [0.1, 0.15) is 0 Å². The Kier molecular flexibility index (Phi) is 6.13. The number of primary sulfonamides is 1. The lowest BCUT2D eigenvalue weighted by Gasteiger charge is -2.33. The number of nitrogens with one attached hydrogen (secondary N) is 2. The molecule has 33 heavy (non-hydrogen) atoms. The van der Waals surface area contributed by atoms with Gasteiger partial charge in [0.2, 0.25) is 10.0 Å². The number of carbonyl (C=O) groups excluding carboxylic acids is 2. The fraction of sp³-hybridized carbons (Fsp3) is 0.304. The van der Waals surface area contributed by atoms with E-state index in [1.54, 1.807) is 19.1 Å². The SMILES string of the molecule is CCOC(=O)C1=C(CN2c3ccc(S(N)(=O)=O)cc3C[C@H]2C)NC(=O)N[C@@H]1c1ccccc1. The first-order valence-electron chi connectivity index (χ1n) is 10.6. The number of hydrogen-bond donors (Lipinski definition) is 3. The van der Waals surface area contributed by atoms with Gasteiger partial charge < -0.3 is 20.3 Å². The number of sulfonamides is 1. The molecule has 4 N–H and O–H groups in total. The van der Waals surface area contributed by atoms with Crippen molar-refractivity contribution >= 4 is 27.7 Å². The van der Waals surface area contributed by atoms with E-state index in [9.17, 15) is 18.0 Å². The van der Waals surface area contributed by atoms with Gasteiger partial charge in [-0.25, -0.2) is 23.1 Å².